The van der Waals surface area contributed by atoms with Crippen molar-refractivity contribution in [3.05, 3.63) is 51.0 Å². The maximum atomic E-state index is 12.2. The monoisotopic (exact) mass is 393 g/mol. The van der Waals surface area contributed by atoms with Crippen LogP contribution in [-0.4, -0.2) is 17.6 Å². The first-order valence-electron chi connectivity index (χ1n) is 6.98. The molecule has 2 N–H and O–H groups in total. The molecule has 0 bridgehead atoms. The Morgan fingerprint density at radius 3 is 2.87 bits per heavy atom. The lowest BCUT2D eigenvalue weighted by Crippen LogP contribution is -2.03. The maximum absolute atomic E-state index is 12.2. The number of phenols is 1. The van der Waals surface area contributed by atoms with Crippen LogP contribution in [0.2, 0.25) is 5.02 Å². The molecule has 1 aliphatic rings. The Morgan fingerprint density at radius 1 is 1.35 bits per heavy atom. The number of halogens is 2. The van der Waals surface area contributed by atoms with Crippen LogP contribution < -0.4 is 10.1 Å². The first-order valence-corrected chi connectivity index (χ1v) is 8.15. The molecule has 23 heavy (non-hydrogen) atoms. The van der Waals surface area contributed by atoms with Gasteiger partial charge < -0.3 is 15.2 Å². The minimum atomic E-state index is -0.180. The van der Waals surface area contributed by atoms with Gasteiger partial charge in [-0.3, -0.25) is 4.79 Å². The molecule has 0 aromatic heterocycles. The van der Waals surface area contributed by atoms with E-state index in [0.29, 0.717) is 23.5 Å². The predicted octanol–water partition coefficient (Wildman–Crippen LogP) is 4.70. The quantitative estimate of drug-likeness (QED) is 0.742. The Kier molecular flexibility index (Phi) is 4.33. The number of hydrogen-bond donors (Lipinski definition) is 2. The predicted molar refractivity (Wildman–Crippen MR) is 94.9 cm³/mol. The Labute approximate surface area is 146 Å². The second-order valence-corrected chi connectivity index (χ2v) is 6.31. The Balaban J connectivity index is 2.09. The summed E-state index contributed by atoms with van der Waals surface area (Å²) in [6.07, 6.45) is 1.72. The molecule has 0 saturated heterocycles. The highest BCUT2D eigenvalue weighted by molar-refractivity contribution is 9.10. The minimum absolute atomic E-state index is 0.102. The number of carbonyl (C=O) groups excluding carboxylic acids is 1. The number of carbonyl (C=O) groups is 1. The molecule has 6 heteroatoms. The van der Waals surface area contributed by atoms with E-state index in [2.05, 4.69) is 21.2 Å². The van der Waals surface area contributed by atoms with Crippen LogP contribution in [0, 0.1) is 0 Å². The van der Waals surface area contributed by atoms with Gasteiger partial charge in [0.25, 0.3) is 5.91 Å². The summed E-state index contributed by atoms with van der Waals surface area (Å²) in [5.41, 5.74) is 2.78. The van der Waals surface area contributed by atoms with Crippen LogP contribution in [0.1, 0.15) is 18.1 Å². The van der Waals surface area contributed by atoms with Gasteiger partial charge in [0, 0.05) is 21.3 Å². The number of amides is 1. The van der Waals surface area contributed by atoms with Crippen LogP contribution in [-0.2, 0) is 4.79 Å². The van der Waals surface area contributed by atoms with Crippen molar-refractivity contribution in [1.82, 2.24) is 0 Å². The van der Waals surface area contributed by atoms with Gasteiger partial charge in [0.15, 0.2) is 11.5 Å². The number of nitrogens with one attached hydrogen (secondary N) is 1. The zero-order valence-electron chi connectivity index (χ0n) is 12.2. The van der Waals surface area contributed by atoms with Crippen molar-refractivity contribution in [2.24, 2.45) is 0 Å². The number of phenolic OH excluding ortho intramolecular Hbond substituents is 1. The Hall–Kier alpha value is -1.98. The molecule has 3 rings (SSSR count). The minimum Gasteiger partial charge on any atom is -0.503 e. The average Bonchev–Trinajstić information content (AvgIpc) is 2.80. The molecular formula is C17H13BrClNO3. The molecule has 2 aromatic carbocycles. The van der Waals surface area contributed by atoms with E-state index in [1.54, 1.807) is 18.2 Å². The van der Waals surface area contributed by atoms with E-state index in [9.17, 15) is 9.90 Å². The highest BCUT2D eigenvalue weighted by Gasteiger charge is 2.24. The molecule has 1 aliphatic heterocycles. The van der Waals surface area contributed by atoms with E-state index in [1.165, 1.54) is 0 Å². The van der Waals surface area contributed by atoms with E-state index in [1.807, 2.05) is 25.1 Å². The summed E-state index contributed by atoms with van der Waals surface area (Å²) < 4.78 is 6.25. The molecule has 0 atom stereocenters. The molecule has 0 saturated carbocycles. The van der Waals surface area contributed by atoms with Crippen molar-refractivity contribution in [3.63, 3.8) is 0 Å². The van der Waals surface area contributed by atoms with Crippen molar-refractivity contribution in [2.45, 2.75) is 6.92 Å². The fourth-order valence-electron chi connectivity index (χ4n) is 2.41. The zero-order chi connectivity index (χ0) is 16.6. The topological polar surface area (TPSA) is 58.6 Å². The lowest BCUT2D eigenvalue weighted by Gasteiger charge is -2.09. The van der Waals surface area contributed by atoms with Crippen LogP contribution in [0.3, 0.4) is 0 Å². The van der Waals surface area contributed by atoms with Gasteiger partial charge in [-0.2, -0.15) is 0 Å². The van der Waals surface area contributed by atoms with Gasteiger partial charge in [-0.15, -0.1) is 0 Å². The molecule has 2 aromatic rings. The normalized spacial score (nSPS) is 14.7. The summed E-state index contributed by atoms with van der Waals surface area (Å²) in [5.74, 6) is 0.00895. The van der Waals surface area contributed by atoms with E-state index in [4.69, 9.17) is 16.3 Å². The molecule has 0 unspecified atom stereocenters. The van der Waals surface area contributed by atoms with Crippen molar-refractivity contribution >= 4 is 50.8 Å². The Morgan fingerprint density at radius 2 is 2.13 bits per heavy atom. The number of rotatable bonds is 3. The fourth-order valence-corrected chi connectivity index (χ4v) is 2.99. The van der Waals surface area contributed by atoms with Crippen LogP contribution in [0.15, 0.2) is 34.8 Å². The number of anilines is 1. The van der Waals surface area contributed by atoms with Crippen molar-refractivity contribution in [3.8, 4) is 11.5 Å². The highest BCUT2D eigenvalue weighted by Crippen LogP contribution is 2.38. The van der Waals surface area contributed by atoms with Crippen LogP contribution in [0.4, 0.5) is 5.69 Å². The largest absolute Gasteiger partial charge is 0.503 e. The third kappa shape index (κ3) is 3.07. The summed E-state index contributed by atoms with van der Waals surface area (Å²) in [4.78, 5) is 12.2. The van der Waals surface area contributed by atoms with E-state index in [-0.39, 0.29) is 16.7 Å². The second kappa shape index (κ2) is 6.26. The third-order valence-corrected chi connectivity index (χ3v) is 4.21. The van der Waals surface area contributed by atoms with E-state index in [0.717, 1.165) is 15.7 Å². The third-order valence-electron chi connectivity index (χ3n) is 3.43. The number of hydrogen-bond acceptors (Lipinski definition) is 3. The van der Waals surface area contributed by atoms with Crippen LogP contribution in [0.5, 0.6) is 11.5 Å². The van der Waals surface area contributed by atoms with Crippen LogP contribution >= 0.6 is 27.5 Å². The summed E-state index contributed by atoms with van der Waals surface area (Å²) in [6.45, 7) is 2.22. The maximum Gasteiger partial charge on any atom is 0.256 e. The molecule has 0 radical (unpaired) electrons. The standard InChI is InChI=1S/C17H13BrClNO3/c1-2-23-15-7-9(6-13(19)16(15)21)5-12-11-8-10(18)3-4-14(11)20-17(12)22/h3-8,21H,2H2,1H3,(H,20,22)/b12-5+. The van der Waals surface area contributed by atoms with Crippen LogP contribution in [0.25, 0.3) is 11.6 Å². The van der Waals surface area contributed by atoms with Gasteiger partial charge in [-0.1, -0.05) is 27.5 Å². The summed E-state index contributed by atoms with van der Waals surface area (Å²) in [6, 6.07) is 8.83. The number of aromatic hydroxyl groups is 1. The SMILES string of the molecule is CCOc1cc(/C=C2/C(=O)Nc3ccc(Br)cc32)cc(Cl)c1O. The van der Waals surface area contributed by atoms with E-state index >= 15 is 0 Å². The molecule has 0 aliphatic carbocycles. The molecular weight excluding hydrogens is 382 g/mol. The zero-order valence-corrected chi connectivity index (χ0v) is 14.5. The first kappa shape index (κ1) is 15.9. The number of benzene rings is 2. The average molecular weight is 395 g/mol. The summed E-state index contributed by atoms with van der Waals surface area (Å²) >= 11 is 9.45. The summed E-state index contributed by atoms with van der Waals surface area (Å²) in [7, 11) is 0. The molecule has 118 valence electrons. The molecule has 1 heterocycles. The molecule has 0 spiro atoms. The lowest BCUT2D eigenvalue weighted by atomic mass is 10.0. The van der Waals surface area contributed by atoms with Crippen molar-refractivity contribution < 1.29 is 14.6 Å². The second-order valence-electron chi connectivity index (χ2n) is 4.98. The van der Waals surface area contributed by atoms with Gasteiger partial charge in [-0.25, -0.2) is 0 Å². The molecule has 1 amide bonds. The fraction of sp³-hybridized carbons (Fsp3) is 0.118. The first-order chi connectivity index (χ1) is 11.0. The highest BCUT2D eigenvalue weighted by atomic mass is 79.9. The van der Waals surface area contributed by atoms with Crippen molar-refractivity contribution in [1.29, 1.82) is 0 Å². The van der Waals surface area contributed by atoms with Gasteiger partial charge >= 0.3 is 0 Å². The molecule has 0 fully saturated rings. The van der Waals surface area contributed by atoms with Gasteiger partial charge in [0.1, 0.15) is 0 Å². The van der Waals surface area contributed by atoms with Gasteiger partial charge in [-0.05, 0) is 48.9 Å². The smallest absolute Gasteiger partial charge is 0.256 e. The lowest BCUT2D eigenvalue weighted by molar-refractivity contribution is -0.110. The Bertz CT molecular complexity index is 833. The summed E-state index contributed by atoms with van der Waals surface area (Å²) in [5, 5.41) is 12.9. The van der Waals surface area contributed by atoms with E-state index < -0.39 is 0 Å². The molecule has 4 nitrogen and oxygen atoms in total. The van der Waals surface area contributed by atoms with Crippen molar-refractivity contribution in [2.75, 3.05) is 11.9 Å². The number of fused-ring (bicyclic) bond motifs is 1. The van der Waals surface area contributed by atoms with Gasteiger partial charge in [0.2, 0.25) is 0 Å². The number of ether oxygens (including phenoxy) is 1. The van der Waals surface area contributed by atoms with Gasteiger partial charge in [0.05, 0.1) is 11.6 Å².